The Hall–Kier alpha value is -0.970. The summed E-state index contributed by atoms with van der Waals surface area (Å²) in [5.74, 6) is 0.539. The van der Waals surface area contributed by atoms with Gasteiger partial charge in [0.15, 0.2) is 0 Å². The van der Waals surface area contributed by atoms with E-state index in [2.05, 4.69) is 5.32 Å². The molecule has 21 heavy (non-hydrogen) atoms. The summed E-state index contributed by atoms with van der Waals surface area (Å²) in [5, 5.41) is 3.60. The number of halogens is 2. The lowest BCUT2D eigenvalue weighted by Crippen LogP contribution is -2.52. The van der Waals surface area contributed by atoms with Gasteiger partial charge < -0.3 is 15.8 Å². The van der Waals surface area contributed by atoms with Crippen molar-refractivity contribution in [3.8, 4) is 5.75 Å². The number of hydrogen-bond acceptors (Lipinski definition) is 3. The molecule has 0 bridgehead atoms. The van der Waals surface area contributed by atoms with Crippen LogP contribution in [-0.2, 0) is 4.79 Å². The molecule has 1 aliphatic rings. The van der Waals surface area contributed by atoms with Crippen LogP contribution in [0, 0.1) is 0 Å². The molecule has 1 aromatic rings. The summed E-state index contributed by atoms with van der Waals surface area (Å²) in [4.78, 5) is 12.3. The summed E-state index contributed by atoms with van der Waals surface area (Å²) in [5.41, 5.74) is 6.15. The highest BCUT2D eigenvalue weighted by Gasteiger charge is 2.31. The predicted octanol–water partition coefficient (Wildman–Crippen LogP) is 3.22. The number of fused-ring (bicyclic) bond motifs is 1. The van der Waals surface area contributed by atoms with Gasteiger partial charge in [0.2, 0.25) is 5.91 Å². The Balaban J connectivity index is 0.00000220. The minimum absolute atomic E-state index is 0. The van der Waals surface area contributed by atoms with Gasteiger partial charge in [0.05, 0.1) is 23.2 Å². The molecule has 2 rings (SSSR count). The van der Waals surface area contributed by atoms with Gasteiger partial charge in [-0.2, -0.15) is 0 Å². The first kappa shape index (κ1) is 18.1. The van der Waals surface area contributed by atoms with Gasteiger partial charge in [0.1, 0.15) is 5.75 Å². The van der Waals surface area contributed by atoms with Gasteiger partial charge in [-0.15, -0.1) is 12.4 Å². The molecule has 1 heterocycles. The Morgan fingerprint density at radius 3 is 2.95 bits per heavy atom. The number of para-hydroxylation sites is 1. The van der Waals surface area contributed by atoms with Gasteiger partial charge in [-0.3, -0.25) is 4.79 Å². The van der Waals surface area contributed by atoms with E-state index in [4.69, 9.17) is 22.1 Å². The lowest BCUT2D eigenvalue weighted by atomic mass is 9.94. The van der Waals surface area contributed by atoms with Gasteiger partial charge in [-0.25, -0.2) is 0 Å². The first-order valence-corrected chi connectivity index (χ1v) is 7.34. The fourth-order valence-electron chi connectivity index (χ4n) is 2.49. The lowest BCUT2D eigenvalue weighted by Gasteiger charge is -2.31. The average Bonchev–Trinajstić information content (AvgIpc) is 2.40. The molecule has 1 aliphatic heterocycles. The highest BCUT2D eigenvalue weighted by Crippen LogP contribution is 2.37. The number of nitrogens with one attached hydrogen (secondary N) is 1. The first-order chi connectivity index (χ1) is 9.45. The maximum atomic E-state index is 12.3. The number of nitrogens with two attached hydrogens (primary N) is 1. The van der Waals surface area contributed by atoms with Crippen LogP contribution < -0.4 is 15.8 Å². The Morgan fingerprint density at radius 1 is 1.57 bits per heavy atom. The summed E-state index contributed by atoms with van der Waals surface area (Å²) in [6.45, 7) is 4.32. The fraction of sp³-hybridized carbons (Fsp3) is 0.533. The highest BCUT2D eigenvalue weighted by molar-refractivity contribution is 6.32. The normalized spacial score (nSPS) is 19.5. The van der Waals surface area contributed by atoms with Gasteiger partial charge in [0, 0.05) is 12.0 Å². The van der Waals surface area contributed by atoms with Crippen molar-refractivity contribution in [2.75, 3.05) is 6.61 Å². The van der Waals surface area contributed by atoms with Gasteiger partial charge >= 0.3 is 0 Å². The number of ether oxygens (including phenoxy) is 1. The van der Waals surface area contributed by atoms with Crippen LogP contribution in [0.25, 0.3) is 0 Å². The molecule has 0 aliphatic carbocycles. The van der Waals surface area contributed by atoms with Crippen LogP contribution in [0.5, 0.6) is 5.75 Å². The van der Waals surface area contributed by atoms with Crippen LogP contribution in [0.15, 0.2) is 18.2 Å². The SMILES string of the molecule is CCCC(C)(N)C(=O)NC1CCOc2c(Cl)cccc21.Cl. The first-order valence-electron chi connectivity index (χ1n) is 6.96. The third-order valence-electron chi connectivity index (χ3n) is 3.62. The fourth-order valence-corrected chi connectivity index (χ4v) is 2.73. The number of amides is 1. The van der Waals surface area contributed by atoms with E-state index >= 15 is 0 Å². The average molecular weight is 333 g/mol. The summed E-state index contributed by atoms with van der Waals surface area (Å²) in [6, 6.07) is 5.49. The number of benzene rings is 1. The molecule has 0 spiro atoms. The summed E-state index contributed by atoms with van der Waals surface area (Å²) in [6.07, 6.45) is 2.25. The van der Waals surface area contributed by atoms with E-state index in [1.807, 2.05) is 19.1 Å². The van der Waals surface area contributed by atoms with Crippen LogP contribution in [0.2, 0.25) is 5.02 Å². The minimum atomic E-state index is -0.841. The largest absolute Gasteiger partial charge is 0.492 e. The third kappa shape index (κ3) is 4.02. The van der Waals surface area contributed by atoms with Crippen molar-refractivity contribution in [1.29, 1.82) is 0 Å². The molecule has 118 valence electrons. The maximum absolute atomic E-state index is 12.3. The van der Waals surface area contributed by atoms with Crippen molar-refractivity contribution in [3.05, 3.63) is 28.8 Å². The van der Waals surface area contributed by atoms with Crippen molar-refractivity contribution in [3.63, 3.8) is 0 Å². The molecule has 0 saturated heterocycles. The van der Waals surface area contributed by atoms with Crippen LogP contribution in [0.1, 0.15) is 44.7 Å². The van der Waals surface area contributed by atoms with Gasteiger partial charge in [0.25, 0.3) is 0 Å². The van der Waals surface area contributed by atoms with Gasteiger partial charge in [-0.05, 0) is 19.4 Å². The molecular formula is C15H22Cl2N2O2. The zero-order valence-electron chi connectivity index (χ0n) is 12.3. The summed E-state index contributed by atoms with van der Waals surface area (Å²) in [7, 11) is 0. The molecule has 0 radical (unpaired) electrons. The smallest absolute Gasteiger partial charge is 0.240 e. The summed E-state index contributed by atoms with van der Waals surface area (Å²) >= 11 is 6.12. The molecule has 0 aromatic heterocycles. The molecule has 2 atom stereocenters. The molecule has 0 fully saturated rings. The Bertz CT molecular complexity index is 506. The monoisotopic (exact) mass is 332 g/mol. The molecule has 2 unspecified atom stereocenters. The topological polar surface area (TPSA) is 64.4 Å². The van der Waals surface area contributed by atoms with Crippen LogP contribution in [-0.4, -0.2) is 18.1 Å². The van der Waals surface area contributed by atoms with Crippen molar-refractivity contribution in [1.82, 2.24) is 5.32 Å². The molecule has 6 heteroatoms. The van der Waals surface area contributed by atoms with Gasteiger partial charge in [-0.1, -0.05) is 37.1 Å². The minimum Gasteiger partial charge on any atom is -0.492 e. The lowest BCUT2D eigenvalue weighted by molar-refractivity contribution is -0.127. The number of carbonyl (C=O) groups is 1. The summed E-state index contributed by atoms with van der Waals surface area (Å²) < 4.78 is 5.58. The van der Waals surface area contributed by atoms with Crippen molar-refractivity contribution in [2.24, 2.45) is 5.73 Å². The molecular weight excluding hydrogens is 311 g/mol. The van der Waals surface area contributed by atoms with Crippen molar-refractivity contribution >= 4 is 29.9 Å². The second-order valence-corrected chi connectivity index (χ2v) is 5.90. The van der Waals surface area contributed by atoms with E-state index in [0.29, 0.717) is 23.8 Å². The standard InChI is InChI=1S/C15H21ClN2O2.ClH/c1-3-8-15(2,17)14(19)18-12-7-9-20-13-10(12)5-4-6-11(13)16;/h4-6,12H,3,7-9,17H2,1-2H3,(H,18,19);1H. The Morgan fingerprint density at radius 2 is 2.29 bits per heavy atom. The molecule has 1 aromatic carbocycles. The maximum Gasteiger partial charge on any atom is 0.240 e. The van der Waals surface area contributed by atoms with Crippen LogP contribution in [0.3, 0.4) is 0 Å². The van der Waals surface area contributed by atoms with E-state index in [9.17, 15) is 4.79 Å². The van der Waals surface area contributed by atoms with Crippen molar-refractivity contribution in [2.45, 2.75) is 44.7 Å². The second kappa shape index (κ2) is 7.34. The predicted molar refractivity (Wildman–Crippen MR) is 87.2 cm³/mol. The van der Waals surface area contributed by atoms with Crippen LogP contribution in [0.4, 0.5) is 0 Å². The second-order valence-electron chi connectivity index (χ2n) is 5.49. The number of hydrogen-bond donors (Lipinski definition) is 2. The third-order valence-corrected chi connectivity index (χ3v) is 3.92. The van der Waals surface area contributed by atoms with E-state index in [-0.39, 0.29) is 24.4 Å². The van der Waals surface area contributed by atoms with E-state index < -0.39 is 5.54 Å². The zero-order chi connectivity index (χ0) is 14.8. The Labute approximate surface area is 136 Å². The van der Waals surface area contributed by atoms with E-state index in [0.717, 1.165) is 18.4 Å². The van der Waals surface area contributed by atoms with Crippen molar-refractivity contribution < 1.29 is 9.53 Å². The van der Waals surface area contributed by atoms with Crippen LogP contribution >= 0.6 is 24.0 Å². The molecule has 4 nitrogen and oxygen atoms in total. The van der Waals surface area contributed by atoms with E-state index in [1.54, 1.807) is 13.0 Å². The van der Waals surface area contributed by atoms with E-state index in [1.165, 1.54) is 0 Å². The Kier molecular flexibility index (Phi) is 6.32. The number of carbonyl (C=O) groups excluding carboxylic acids is 1. The molecule has 1 amide bonds. The quantitative estimate of drug-likeness (QED) is 0.889. The highest BCUT2D eigenvalue weighted by atomic mass is 35.5. The molecule has 0 saturated carbocycles. The number of rotatable bonds is 4. The molecule has 3 N–H and O–H groups in total. The zero-order valence-corrected chi connectivity index (χ0v) is 13.9.